The monoisotopic (exact) mass is 263 g/mol. The highest BCUT2D eigenvalue weighted by Gasteiger charge is 2.24. The van der Waals surface area contributed by atoms with E-state index in [-0.39, 0.29) is 11.8 Å². The third-order valence-electron chi connectivity index (χ3n) is 3.44. The van der Waals surface area contributed by atoms with Crippen molar-refractivity contribution < 1.29 is 4.79 Å². The highest BCUT2D eigenvalue weighted by Crippen LogP contribution is 2.29. The van der Waals surface area contributed by atoms with Crippen LogP contribution >= 0.6 is 0 Å². The molecule has 0 spiro atoms. The molecule has 6 heteroatoms. The van der Waals surface area contributed by atoms with Crippen molar-refractivity contribution in [2.75, 3.05) is 37.3 Å². The third kappa shape index (κ3) is 2.77. The number of rotatable bonds is 2. The van der Waals surface area contributed by atoms with Gasteiger partial charge in [-0.15, -0.1) is 0 Å². The summed E-state index contributed by atoms with van der Waals surface area (Å²) in [5.41, 5.74) is 6.89. The second-order valence-electron chi connectivity index (χ2n) is 5.24. The van der Waals surface area contributed by atoms with Crippen molar-refractivity contribution in [2.24, 2.45) is 0 Å². The number of carbonyl (C=O) groups excluding carboxylic acids is 1. The molecule has 1 aliphatic heterocycles. The molecule has 6 nitrogen and oxygen atoms in total. The summed E-state index contributed by atoms with van der Waals surface area (Å²) in [5, 5.41) is 0. The smallest absolute Gasteiger partial charge is 0.241 e. The summed E-state index contributed by atoms with van der Waals surface area (Å²) in [4.78, 5) is 24.2. The van der Waals surface area contributed by atoms with Gasteiger partial charge in [-0.05, 0) is 12.3 Å². The molecule has 1 saturated heterocycles. The van der Waals surface area contributed by atoms with Gasteiger partial charge in [-0.1, -0.05) is 13.8 Å². The molecule has 19 heavy (non-hydrogen) atoms. The van der Waals surface area contributed by atoms with E-state index in [1.165, 1.54) is 6.33 Å². The molecule has 0 unspecified atom stereocenters. The van der Waals surface area contributed by atoms with Crippen LogP contribution in [0.4, 0.5) is 11.6 Å². The van der Waals surface area contributed by atoms with Gasteiger partial charge in [0, 0.05) is 25.7 Å². The number of nitrogens with zero attached hydrogens (tertiary/aromatic N) is 4. The van der Waals surface area contributed by atoms with Crippen molar-refractivity contribution in [3.63, 3.8) is 0 Å². The number of amides is 1. The Hall–Kier alpha value is -1.85. The number of hydrogen-bond donors (Lipinski definition) is 1. The number of likely N-dealkylation sites (N-methyl/N-ethyl adjacent to an activating group) is 1. The Labute approximate surface area is 113 Å². The number of hydrogen-bond acceptors (Lipinski definition) is 5. The predicted molar refractivity (Wildman–Crippen MR) is 75.0 cm³/mol. The molecule has 0 bridgehead atoms. The number of aromatic nitrogens is 2. The molecule has 0 aliphatic carbocycles. The predicted octanol–water partition coefficient (Wildman–Crippen LogP) is 0.851. The van der Waals surface area contributed by atoms with E-state index in [2.05, 4.69) is 23.8 Å². The number of carbonyl (C=O) groups is 1. The molecule has 1 amide bonds. The van der Waals surface area contributed by atoms with Crippen molar-refractivity contribution in [1.82, 2.24) is 14.9 Å². The molecule has 104 valence electrons. The molecule has 1 aromatic heterocycles. The molecular weight excluding hydrogens is 242 g/mol. The summed E-state index contributed by atoms with van der Waals surface area (Å²) in [6.07, 6.45) is 2.40. The Bertz CT molecular complexity index is 474. The maximum atomic E-state index is 12.0. The lowest BCUT2D eigenvalue weighted by molar-refractivity contribution is -0.127. The maximum absolute atomic E-state index is 12.0. The number of nitrogens with two attached hydrogens (primary N) is 1. The Morgan fingerprint density at radius 1 is 1.32 bits per heavy atom. The molecule has 0 saturated carbocycles. The maximum Gasteiger partial charge on any atom is 0.241 e. The standard InChI is InChI=1S/C13H21N5O/c1-9(2)11-12(14)15-8-16-13(11)18-6-4-5-17(3)10(19)7-18/h8-9H,4-7H2,1-3H3,(H2,14,15,16). The zero-order valence-corrected chi connectivity index (χ0v) is 11.8. The third-order valence-corrected chi connectivity index (χ3v) is 3.44. The van der Waals surface area contributed by atoms with Crippen LogP contribution in [0.5, 0.6) is 0 Å². The molecule has 2 N–H and O–H groups in total. The van der Waals surface area contributed by atoms with Crippen LogP contribution in [-0.2, 0) is 4.79 Å². The van der Waals surface area contributed by atoms with E-state index in [0.29, 0.717) is 12.4 Å². The first-order valence-corrected chi connectivity index (χ1v) is 6.60. The van der Waals surface area contributed by atoms with Gasteiger partial charge in [-0.25, -0.2) is 9.97 Å². The minimum absolute atomic E-state index is 0.115. The van der Waals surface area contributed by atoms with Gasteiger partial charge >= 0.3 is 0 Å². The summed E-state index contributed by atoms with van der Waals surface area (Å²) < 4.78 is 0. The Balaban J connectivity index is 2.36. The molecule has 1 aliphatic rings. The molecule has 0 aromatic carbocycles. The van der Waals surface area contributed by atoms with E-state index in [0.717, 1.165) is 30.9 Å². The van der Waals surface area contributed by atoms with Crippen LogP contribution in [0.3, 0.4) is 0 Å². The average Bonchev–Trinajstić information content (AvgIpc) is 2.51. The lowest BCUT2D eigenvalue weighted by Gasteiger charge is -2.25. The van der Waals surface area contributed by atoms with Crippen LogP contribution in [0, 0.1) is 0 Å². The molecular formula is C13H21N5O. The Morgan fingerprint density at radius 2 is 2.05 bits per heavy atom. The Kier molecular flexibility index (Phi) is 3.87. The second-order valence-corrected chi connectivity index (χ2v) is 5.24. The van der Waals surface area contributed by atoms with Gasteiger partial charge in [0.1, 0.15) is 18.0 Å². The van der Waals surface area contributed by atoms with Gasteiger partial charge in [-0.2, -0.15) is 0 Å². The van der Waals surface area contributed by atoms with E-state index in [1.807, 2.05) is 11.9 Å². The first-order chi connectivity index (χ1) is 9.00. The van der Waals surface area contributed by atoms with E-state index in [9.17, 15) is 4.79 Å². The second kappa shape index (κ2) is 5.42. The zero-order valence-electron chi connectivity index (χ0n) is 11.8. The van der Waals surface area contributed by atoms with Crippen molar-refractivity contribution in [2.45, 2.75) is 26.2 Å². The van der Waals surface area contributed by atoms with Gasteiger partial charge in [-0.3, -0.25) is 4.79 Å². The van der Waals surface area contributed by atoms with Crippen molar-refractivity contribution in [3.05, 3.63) is 11.9 Å². The SMILES string of the molecule is CC(C)c1c(N)ncnc1N1CCCN(C)C(=O)C1. The number of nitrogen functional groups attached to an aromatic ring is 1. The normalized spacial score (nSPS) is 16.9. The Morgan fingerprint density at radius 3 is 2.74 bits per heavy atom. The van der Waals surface area contributed by atoms with Crippen molar-refractivity contribution in [1.29, 1.82) is 0 Å². The molecule has 2 heterocycles. The molecule has 0 atom stereocenters. The minimum atomic E-state index is 0.115. The fraction of sp³-hybridized carbons (Fsp3) is 0.615. The molecule has 1 aromatic rings. The topological polar surface area (TPSA) is 75.3 Å². The van der Waals surface area contributed by atoms with Gasteiger partial charge in [0.15, 0.2) is 0 Å². The summed E-state index contributed by atoms with van der Waals surface area (Å²) in [6.45, 7) is 6.07. The van der Waals surface area contributed by atoms with Gasteiger partial charge in [0.05, 0.1) is 6.54 Å². The van der Waals surface area contributed by atoms with Crippen LogP contribution in [-0.4, -0.2) is 47.5 Å². The van der Waals surface area contributed by atoms with E-state index >= 15 is 0 Å². The van der Waals surface area contributed by atoms with Gasteiger partial charge < -0.3 is 15.5 Å². The van der Waals surface area contributed by atoms with Gasteiger partial charge in [0.2, 0.25) is 5.91 Å². The summed E-state index contributed by atoms with van der Waals surface area (Å²) in [5.74, 6) is 1.65. The van der Waals surface area contributed by atoms with E-state index in [1.54, 1.807) is 4.90 Å². The largest absolute Gasteiger partial charge is 0.383 e. The molecule has 2 rings (SSSR count). The summed E-state index contributed by atoms with van der Waals surface area (Å²) in [6, 6.07) is 0. The molecule has 1 fully saturated rings. The quantitative estimate of drug-likeness (QED) is 0.856. The van der Waals surface area contributed by atoms with E-state index in [4.69, 9.17) is 5.73 Å². The minimum Gasteiger partial charge on any atom is -0.383 e. The van der Waals surface area contributed by atoms with Crippen LogP contribution in [0.15, 0.2) is 6.33 Å². The summed E-state index contributed by atoms with van der Waals surface area (Å²) in [7, 11) is 1.84. The first-order valence-electron chi connectivity index (χ1n) is 6.60. The van der Waals surface area contributed by atoms with E-state index < -0.39 is 0 Å². The van der Waals surface area contributed by atoms with Crippen LogP contribution < -0.4 is 10.6 Å². The lowest BCUT2D eigenvalue weighted by atomic mass is 10.0. The summed E-state index contributed by atoms with van der Waals surface area (Å²) >= 11 is 0. The highest BCUT2D eigenvalue weighted by atomic mass is 16.2. The fourth-order valence-corrected chi connectivity index (χ4v) is 2.37. The van der Waals surface area contributed by atoms with Crippen LogP contribution in [0.25, 0.3) is 0 Å². The fourth-order valence-electron chi connectivity index (χ4n) is 2.37. The first kappa shape index (κ1) is 13.6. The van der Waals surface area contributed by atoms with Crippen LogP contribution in [0.1, 0.15) is 31.7 Å². The zero-order chi connectivity index (χ0) is 14.0. The number of anilines is 2. The molecule has 0 radical (unpaired) electrons. The van der Waals surface area contributed by atoms with Crippen molar-refractivity contribution in [3.8, 4) is 0 Å². The van der Waals surface area contributed by atoms with Gasteiger partial charge in [0.25, 0.3) is 0 Å². The van der Waals surface area contributed by atoms with Crippen molar-refractivity contribution >= 4 is 17.5 Å². The van der Waals surface area contributed by atoms with Crippen LogP contribution in [0.2, 0.25) is 0 Å². The average molecular weight is 263 g/mol. The lowest BCUT2D eigenvalue weighted by Crippen LogP contribution is -2.35. The highest BCUT2D eigenvalue weighted by molar-refractivity contribution is 5.82.